The maximum atomic E-state index is 6.08. The van der Waals surface area contributed by atoms with Crippen LogP contribution in [0.1, 0.15) is 11.1 Å². The van der Waals surface area contributed by atoms with Crippen molar-refractivity contribution < 1.29 is 0 Å². The monoisotopic (exact) mass is 218 g/mol. The molecule has 1 heterocycles. The van der Waals surface area contributed by atoms with Crippen LogP contribution in [0.2, 0.25) is 5.02 Å². The van der Waals surface area contributed by atoms with E-state index in [2.05, 4.69) is 4.98 Å². The van der Waals surface area contributed by atoms with Gasteiger partial charge in [-0.25, -0.2) is 0 Å². The first-order valence-corrected chi connectivity index (χ1v) is 5.06. The molecule has 3 heteroatoms. The van der Waals surface area contributed by atoms with Gasteiger partial charge in [0.05, 0.1) is 0 Å². The maximum absolute atomic E-state index is 6.08. The van der Waals surface area contributed by atoms with E-state index < -0.39 is 0 Å². The van der Waals surface area contributed by atoms with Crippen LogP contribution in [0, 0.1) is 0 Å². The molecule has 15 heavy (non-hydrogen) atoms. The Kier molecular flexibility index (Phi) is 2.88. The van der Waals surface area contributed by atoms with Crippen LogP contribution in [-0.4, -0.2) is 4.98 Å². The average Bonchev–Trinajstić information content (AvgIpc) is 2.24. The third kappa shape index (κ3) is 2.48. The van der Waals surface area contributed by atoms with E-state index >= 15 is 0 Å². The van der Waals surface area contributed by atoms with Gasteiger partial charge in [-0.2, -0.15) is 0 Å². The number of hydrogen-bond acceptors (Lipinski definition) is 2. The van der Waals surface area contributed by atoms with Gasteiger partial charge in [0, 0.05) is 23.1 Å². The van der Waals surface area contributed by atoms with Gasteiger partial charge in [-0.05, 0) is 41.8 Å². The molecule has 0 atom stereocenters. The summed E-state index contributed by atoms with van der Waals surface area (Å²) in [6.45, 7) is 0. The maximum Gasteiger partial charge on any atom is 0.0461 e. The van der Waals surface area contributed by atoms with Crippen LogP contribution in [-0.2, 0) is 6.42 Å². The van der Waals surface area contributed by atoms with Gasteiger partial charge in [0.15, 0.2) is 0 Å². The first-order chi connectivity index (χ1) is 7.25. The molecular weight excluding hydrogens is 208 g/mol. The predicted octanol–water partition coefficient (Wildman–Crippen LogP) is 2.91. The number of anilines is 1. The summed E-state index contributed by atoms with van der Waals surface area (Å²) in [7, 11) is 0. The van der Waals surface area contributed by atoms with Crippen LogP contribution in [0.3, 0.4) is 0 Å². The number of benzene rings is 1. The Morgan fingerprint density at radius 1 is 1.13 bits per heavy atom. The van der Waals surface area contributed by atoms with E-state index in [0.717, 1.165) is 12.0 Å². The number of hydrogen-bond donors (Lipinski definition) is 1. The second-order valence-electron chi connectivity index (χ2n) is 3.38. The number of nitrogen functional groups attached to an aromatic ring is 1. The first-order valence-electron chi connectivity index (χ1n) is 4.68. The Morgan fingerprint density at radius 2 is 1.87 bits per heavy atom. The molecule has 0 amide bonds. The second kappa shape index (κ2) is 4.32. The number of aromatic nitrogens is 1. The molecule has 1 aromatic carbocycles. The fourth-order valence-corrected chi connectivity index (χ4v) is 1.68. The minimum atomic E-state index is 0.693. The van der Waals surface area contributed by atoms with Crippen molar-refractivity contribution in [3.8, 4) is 0 Å². The SMILES string of the molecule is Nc1ccc(Cc2ccncc2)c(Cl)c1. The lowest BCUT2D eigenvalue weighted by Gasteiger charge is -2.04. The summed E-state index contributed by atoms with van der Waals surface area (Å²) in [6, 6.07) is 9.55. The summed E-state index contributed by atoms with van der Waals surface area (Å²) in [5, 5.41) is 0.715. The minimum absolute atomic E-state index is 0.693. The van der Waals surface area contributed by atoms with Gasteiger partial charge in [-0.3, -0.25) is 4.98 Å². The summed E-state index contributed by atoms with van der Waals surface area (Å²) >= 11 is 6.08. The Hall–Kier alpha value is -1.54. The molecule has 0 saturated carbocycles. The summed E-state index contributed by atoms with van der Waals surface area (Å²) in [4.78, 5) is 3.97. The fraction of sp³-hybridized carbons (Fsp3) is 0.0833. The lowest BCUT2D eigenvalue weighted by atomic mass is 10.1. The minimum Gasteiger partial charge on any atom is -0.399 e. The highest BCUT2D eigenvalue weighted by Gasteiger charge is 2.01. The highest BCUT2D eigenvalue weighted by Crippen LogP contribution is 2.21. The molecular formula is C12H11ClN2. The highest BCUT2D eigenvalue weighted by molar-refractivity contribution is 6.31. The Labute approximate surface area is 93.7 Å². The number of nitrogens with two attached hydrogens (primary N) is 1. The number of pyridine rings is 1. The number of rotatable bonds is 2. The molecule has 0 saturated heterocycles. The molecule has 0 radical (unpaired) electrons. The van der Waals surface area contributed by atoms with E-state index in [1.54, 1.807) is 18.5 Å². The van der Waals surface area contributed by atoms with Crippen LogP contribution >= 0.6 is 11.6 Å². The van der Waals surface area contributed by atoms with Crippen molar-refractivity contribution in [1.82, 2.24) is 4.98 Å². The molecule has 0 fully saturated rings. The molecule has 0 aliphatic rings. The zero-order valence-electron chi connectivity index (χ0n) is 8.15. The molecule has 0 spiro atoms. The van der Waals surface area contributed by atoms with Crippen LogP contribution in [0.4, 0.5) is 5.69 Å². The largest absolute Gasteiger partial charge is 0.399 e. The molecule has 1 aromatic heterocycles. The molecule has 2 nitrogen and oxygen atoms in total. The van der Waals surface area contributed by atoms with Crippen molar-refractivity contribution in [3.63, 3.8) is 0 Å². The number of nitrogens with zero attached hydrogens (tertiary/aromatic N) is 1. The van der Waals surface area contributed by atoms with E-state index in [1.165, 1.54) is 5.56 Å². The van der Waals surface area contributed by atoms with Gasteiger partial charge >= 0.3 is 0 Å². The van der Waals surface area contributed by atoms with Gasteiger partial charge < -0.3 is 5.73 Å². The summed E-state index contributed by atoms with van der Waals surface area (Å²) in [5.74, 6) is 0. The molecule has 2 N–H and O–H groups in total. The van der Waals surface area contributed by atoms with E-state index in [4.69, 9.17) is 17.3 Å². The quantitative estimate of drug-likeness (QED) is 0.788. The molecule has 76 valence electrons. The normalized spacial score (nSPS) is 10.2. The molecule has 2 rings (SSSR count). The smallest absolute Gasteiger partial charge is 0.0461 e. The zero-order valence-corrected chi connectivity index (χ0v) is 8.91. The van der Waals surface area contributed by atoms with Crippen molar-refractivity contribution in [3.05, 3.63) is 58.9 Å². The van der Waals surface area contributed by atoms with Gasteiger partial charge in [-0.1, -0.05) is 17.7 Å². The van der Waals surface area contributed by atoms with Crippen molar-refractivity contribution in [2.75, 3.05) is 5.73 Å². The van der Waals surface area contributed by atoms with E-state index in [1.807, 2.05) is 24.3 Å². The zero-order chi connectivity index (χ0) is 10.7. The molecule has 0 aliphatic carbocycles. The van der Waals surface area contributed by atoms with Crippen LogP contribution in [0.15, 0.2) is 42.7 Å². The molecule has 0 unspecified atom stereocenters. The van der Waals surface area contributed by atoms with Crippen LogP contribution in [0.5, 0.6) is 0 Å². The lowest BCUT2D eigenvalue weighted by Crippen LogP contribution is -1.91. The predicted molar refractivity (Wildman–Crippen MR) is 62.9 cm³/mol. The van der Waals surface area contributed by atoms with Crippen molar-refractivity contribution in [2.45, 2.75) is 6.42 Å². The Balaban J connectivity index is 2.25. The van der Waals surface area contributed by atoms with E-state index in [-0.39, 0.29) is 0 Å². The van der Waals surface area contributed by atoms with Crippen molar-refractivity contribution >= 4 is 17.3 Å². The summed E-state index contributed by atoms with van der Waals surface area (Å²) in [6.07, 6.45) is 4.36. The van der Waals surface area contributed by atoms with E-state index in [0.29, 0.717) is 10.7 Å². The van der Waals surface area contributed by atoms with Gasteiger partial charge in [0.1, 0.15) is 0 Å². The fourth-order valence-electron chi connectivity index (χ4n) is 1.43. The van der Waals surface area contributed by atoms with Crippen LogP contribution in [0.25, 0.3) is 0 Å². The van der Waals surface area contributed by atoms with Gasteiger partial charge in [-0.15, -0.1) is 0 Å². The van der Waals surface area contributed by atoms with Gasteiger partial charge in [0.25, 0.3) is 0 Å². The molecule has 2 aromatic rings. The lowest BCUT2D eigenvalue weighted by molar-refractivity contribution is 1.16. The molecule has 0 bridgehead atoms. The van der Waals surface area contributed by atoms with Crippen molar-refractivity contribution in [2.24, 2.45) is 0 Å². The standard InChI is InChI=1S/C12H11ClN2/c13-12-8-11(14)2-1-10(12)7-9-3-5-15-6-4-9/h1-6,8H,7,14H2. The summed E-state index contributed by atoms with van der Waals surface area (Å²) in [5.41, 5.74) is 8.59. The third-order valence-electron chi connectivity index (χ3n) is 2.22. The highest BCUT2D eigenvalue weighted by atomic mass is 35.5. The Bertz CT molecular complexity index is 454. The van der Waals surface area contributed by atoms with Crippen molar-refractivity contribution in [1.29, 1.82) is 0 Å². The first kappa shape index (κ1) is 9.99. The van der Waals surface area contributed by atoms with Crippen LogP contribution < -0.4 is 5.73 Å². The topological polar surface area (TPSA) is 38.9 Å². The summed E-state index contributed by atoms with van der Waals surface area (Å²) < 4.78 is 0. The third-order valence-corrected chi connectivity index (χ3v) is 2.57. The average molecular weight is 219 g/mol. The second-order valence-corrected chi connectivity index (χ2v) is 3.79. The number of halogens is 1. The van der Waals surface area contributed by atoms with Gasteiger partial charge in [0.2, 0.25) is 0 Å². The molecule has 0 aliphatic heterocycles. The van der Waals surface area contributed by atoms with E-state index in [9.17, 15) is 0 Å². The Morgan fingerprint density at radius 3 is 2.53 bits per heavy atom.